The first kappa shape index (κ1) is 13.3. The number of ether oxygens (including phenoxy) is 1. The Morgan fingerprint density at radius 2 is 1.88 bits per heavy atom. The van der Waals surface area contributed by atoms with Gasteiger partial charge in [0.25, 0.3) is 0 Å². The van der Waals surface area contributed by atoms with E-state index in [0.29, 0.717) is 18.1 Å². The fraction of sp³-hybridized carbons (Fsp3) is 1.00. The van der Waals surface area contributed by atoms with Gasteiger partial charge in [-0.05, 0) is 44.6 Å². The molecule has 2 aliphatic rings. The molecule has 1 saturated heterocycles. The van der Waals surface area contributed by atoms with E-state index in [2.05, 4.69) is 11.8 Å². The van der Waals surface area contributed by atoms with Crippen molar-refractivity contribution in [1.82, 2.24) is 4.90 Å². The van der Waals surface area contributed by atoms with Crippen molar-refractivity contribution < 1.29 is 4.74 Å². The molecule has 1 saturated carbocycles. The first-order valence-corrected chi connectivity index (χ1v) is 7.27. The average molecular weight is 240 g/mol. The maximum absolute atomic E-state index is 6.18. The Morgan fingerprint density at radius 1 is 1.18 bits per heavy atom. The van der Waals surface area contributed by atoms with E-state index in [-0.39, 0.29) is 0 Å². The molecule has 0 aromatic rings. The minimum absolute atomic E-state index is 0.437. The molecular weight excluding hydrogens is 212 g/mol. The maximum atomic E-state index is 6.18. The zero-order valence-corrected chi connectivity index (χ0v) is 11.4. The Morgan fingerprint density at radius 3 is 2.47 bits per heavy atom. The van der Waals surface area contributed by atoms with Crippen molar-refractivity contribution in [3.63, 3.8) is 0 Å². The van der Waals surface area contributed by atoms with E-state index in [1.54, 1.807) is 0 Å². The second kappa shape index (κ2) is 6.17. The molecule has 1 heterocycles. The molecule has 0 amide bonds. The summed E-state index contributed by atoms with van der Waals surface area (Å²) < 4.78 is 5.45. The molecule has 3 nitrogen and oxygen atoms in total. The smallest absolute Gasteiger partial charge is 0.0572 e. The standard InChI is InChI=1S/C14H28N2O/c1-3-11-10-16(9-8-14(11)15)12-4-6-13(17-2)7-5-12/h11-14H,3-10,15H2,1-2H3. The Bertz CT molecular complexity index is 226. The lowest BCUT2D eigenvalue weighted by atomic mass is 9.86. The molecule has 0 bridgehead atoms. The molecule has 1 aliphatic carbocycles. The highest BCUT2D eigenvalue weighted by molar-refractivity contribution is 4.87. The van der Waals surface area contributed by atoms with Crippen molar-refractivity contribution >= 4 is 0 Å². The fourth-order valence-electron chi connectivity index (χ4n) is 3.49. The van der Waals surface area contributed by atoms with Crippen LogP contribution in [0, 0.1) is 5.92 Å². The first-order valence-electron chi connectivity index (χ1n) is 7.27. The summed E-state index contributed by atoms with van der Waals surface area (Å²) in [5.41, 5.74) is 6.18. The van der Waals surface area contributed by atoms with E-state index in [1.807, 2.05) is 7.11 Å². The number of nitrogens with two attached hydrogens (primary N) is 1. The number of piperidine rings is 1. The van der Waals surface area contributed by atoms with E-state index >= 15 is 0 Å². The molecule has 100 valence electrons. The molecule has 2 fully saturated rings. The second-order valence-electron chi connectivity index (χ2n) is 5.78. The second-order valence-corrected chi connectivity index (χ2v) is 5.78. The van der Waals surface area contributed by atoms with E-state index in [1.165, 1.54) is 51.6 Å². The van der Waals surface area contributed by atoms with Gasteiger partial charge in [0, 0.05) is 25.7 Å². The van der Waals surface area contributed by atoms with Gasteiger partial charge in [0.1, 0.15) is 0 Å². The Balaban J connectivity index is 1.83. The van der Waals surface area contributed by atoms with E-state index in [9.17, 15) is 0 Å². The summed E-state index contributed by atoms with van der Waals surface area (Å²) in [5.74, 6) is 0.712. The average Bonchev–Trinajstić information content (AvgIpc) is 2.39. The van der Waals surface area contributed by atoms with Crippen LogP contribution in [0.4, 0.5) is 0 Å². The molecule has 17 heavy (non-hydrogen) atoms. The predicted octanol–water partition coefficient (Wildman–Crippen LogP) is 2.00. The van der Waals surface area contributed by atoms with Crippen LogP contribution in [0.1, 0.15) is 45.4 Å². The highest BCUT2D eigenvalue weighted by Crippen LogP contribution is 2.28. The lowest BCUT2D eigenvalue weighted by molar-refractivity contribution is 0.0231. The molecule has 2 unspecified atom stereocenters. The quantitative estimate of drug-likeness (QED) is 0.820. The van der Waals surface area contributed by atoms with Crippen LogP contribution in [-0.4, -0.2) is 43.3 Å². The van der Waals surface area contributed by atoms with Gasteiger partial charge in [-0.15, -0.1) is 0 Å². The molecule has 0 aromatic heterocycles. The van der Waals surface area contributed by atoms with Crippen LogP contribution in [0.3, 0.4) is 0 Å². The number of rotatable bonds is 3. The third-order valence-corrected chi connectivity index (χ3v) is 4.84. The van der Waals surface area contributed by atoms with Gasteiger partial charge in [-0.1, -0.05) is 13.3 Å². The van der Waals surface area contributed by atoms with Gasteiger partial charge in [-0.2, -0.15) is 0 Å². The summed E-state index contributed by atoms with van der Waals surface area (Å²) in [6, 6.07) is 1.23. The summed E-state index contributed by atoms with van der Waals surface area (Å²) in [5, 5.41) is 0. The molecular formula is C14H28N2O. The number of hydrogen-bond donors (Lipinski definition) is 1. The third kappa shape index (κ3) is 3.21. The zero-order chi connectivity index (χ0) is 12.3. The third-order valence-electron chi connectivity index (χ3n) is 4.84. The molecule has 0 radical (unpaired) electrons. The van der Waals surface area contributed by atoms with Crippen LogP contribution in [0.15, 0.2) is 0 Å². The van der Waals surface area contributed by atoms with Crippen molar-refractivity contribution in [2.24, 2.45) is 11.7 Å². The Kier molecular flexibility index (Phi) is 4.83. The van der Waals surface area contributed by atoms with Crippen LogP contribution in [0.2, 0.25) is 0 Å². The fourth-order valence-corrected chi connectivity index (χ4v) is 3.49. The summed E-state index contributed by atoms with van der Waals surface area (Å²) in [7, 11) is 1.85. The van der Waals surface area contributed by atoms with Gasteiger partial charge in [-0.25, -0.2) is 0 Å². The monoisotopic (exact) mass is 240 g/mol. The van der Waals surface area contributed by atoms with Gasteiger partial charge >= 0.3 is 0 Å². The first-order chi connectivity index (χ1) is 8.24. The van der Waals surface area contributed by atoms with E-state index in [4.69, 9.17) is 10.5 Å². The predicted molar refractivity (Wildman–Crippen MR) is 71.0 cm³/mol. The normalized spacial score (nSPS) is 40.4. The van der Waals surface area contributed by atoms with Crippen LogP contribution in [0.25, 0.3) is 0 Å². The zero-order valence-electron chi connectivity index (χ0n) is 11.4. The largest absolute Gasteiger partial charge is 0.381 e. The lowest BCUT2D eigenvalue weighted by Crippen LogP contribution is -2.51. The van der Waals surface area contributed by atoms with Gasteiger partial charge in [0.05, 0.1) is 6.10 Å². The molecule has 3 heteroatoms. The van der Waals surface area contributed by atoms with Crippen molar-refractivity contribution in [1.29, 1.82) is 0 Å². The molecule has 2 atom stereocenters. The molecule has 2 N–H and O–H groups in total. The van der Waals surface area contributed by atoms with Crippen molar-refractivity contribution in [3.8, 4) is 0 Å². The Labute approximate surface area is 106 Å². The van der Waals surface area contributed by atoms with Crippen LogP contribution in [-0.2, 0) is 4.74 Å². The van der Waals surface area contributed by atoms with E-state index in [0.717, 1.165) is 6.04 Å². The van der Waals surface area contributed by atoms with Crippen LogP contribution in [0.5, 0.6) is 0 Å². The van der Waals surface area contributed by atoms with Crippen molar-refractivity contribution in [3.05, 3.63) is 0 Å². The number of methoxy groups -OCH3 is 1. The van der Waals surface area contributed by atoms with Gasteiger partial charge < -0.3 is 10.5 Å². The molecule has 0 spiro atoms. The highest BCUT2D eigenvalue weighted by Gasteiger charge is 2.31. The molecule has 2 rings (SSSR count). The van der Waals surface area contributed by atoms with Gasteiger partial charge in [0.15, 0.2) is 0 Å². The van der Waals surface area contributed by atoms with Crippen LogP contribution < -0.4 is 5.73 Å². The topological polar surface area (TPSA) is 38.5 Å². The SMILES string of the molecule is CCC1CN(C2CCC(OC)CC2)CCC1N. The maximum Gasteiger partial charge on any atom is 0.0572 e. The van der Waals surface area contributed by atoms with Gasteiger partial charge in [0.2, 0.25) is 0 Å². The summed E-state index contributed by atoms with van der Waals surface area (Å²) in [6.45, 7) is 4.70. The summed E-state index contributed by atoms with van der Waals surface area (Å²) in [4.78, 5) is 2.70. The number of nitrogens with zero attached hydrogens (tertiary/aromatic N) is 1. The number of hydrogen-bond acceptors (Lipinski definition) is 3. The molecule has 0 aromatic carbocycles. The minimum Gasteiger partial charge on any atom is -0.381 e. The summed E-state index contributed by atoms with van der Waals surface area (Å²) >= 11 is 0. The van der Waals surface area contributed by atoms with Crippen molar-refractivity contribution in [2.75, 3.05) is 20.2 Å². The minimum atomic E-state index is 0.437. The van der Waals surface area contributed by atoms with Crippen LogP contribution >= 0.6 is 0 Å². The molecule has 1 aliphatic heterocycles. The van der Waals surface area contributed by atoms with Gasteiger partial charge in [-0.3, -0.25) is 4.90 Å². The van der Waals surface area contributed by atoms with E-state index < -0.39 is 0 Å². The highest BCUT2D eigenvalue weighted by atomic mass is 16.5. The van der Waals surface area contributed by atoms with Crippen molar-refractivity contribution in [2.45, 2.75) is 63.6 Å². The Hall–Kier alpha value is -0.120. The lowest BCUT2D eigenvalue weighted by Gasteiger charge is -2.43. The number of likely N-dealkylation sites (tertiary alicyclic amines) is 1. The summed E-state index contributed by atoms with van der Waals surface area (Å²) in [6.07, 6.45) is 8.02.